The van der Waals surface area contributed by atoms with E-state index in [9.17, 15) is 13.2 Å². The lowest BCUT2D eigenvalue weighted by Crippen LogP contribution is -2.17. The lowest BCUT2D eigenvalue weighted by Gasteiger charge is -2.09. The van der Waals surface area contributed by atoms with Gasteiger partial charge in [0.1, 0.15) is 5.75 Å². The Morgan fingerprint density at radius 2 is 2.06 bits per heavy atom. The molecule has 0 bridgehead atoms. The summed E-state index contributed by atoms with van der Waals surface area (Å²) in [5, 5.41) is 0. The molecule has 0 atom stereocenters. The first-order valence-electron chi connectivity index (χ1n) is 4.12. The first kappa shape index (κ1) is 12.5. The van der Waals surface area contributed by atoms with E-state index < -0.39 is 6.36 Å². The minimum Gasteiger partial charge on any atom is -0.406 e. The maximum atomic E-state index is 11.9. The van der Waals surface area contributed by atoms with Gasteiger partial charge in [-0.2, -0.15) is 0 Å². The number of hydrogen-bond acceptors (Lipinski definition) is 2. The fraction of sp³-hybridized carbons (Fsp3) is 0.200. The monoisotopic (exact) mass is 249 g/mol. The summed E-state index contributed by atoms with van der Waals surface area (Å²) in [7, 11) is 0. The topological polar surface area (TPSA) is 35.2 Å². The molecule has 0 fully saturated rings. The third-order valence-electron chi connectivity index (χ3n) is 1.55. The number of nitrogen functional groups attached to an aromatic ring is 1. The van der Waals surface area contributed by atoms with Gasteiger partial charge in [-0.1, -0.05) is 11.8 Å². The molecule has 0 saturated heterocycles. The number of rotatable bonds is 1. The van der Waals surface area contributed by atoms with Crippen molar-refractivity contribution in [2.75, 3.05) is 11.6 Å². The highest BCUT2D eigenvalue weighted by Gasteiger charge is 2.31. The molecular weight excluding hydrogens is 243 g/mol. The zero-order valence-electron chi connectivity index (χ0n) is 7.94. The van der Waals surface area contributed by atoms with Gasteiger partial charge in [0.25, 0.3) is 0 Å². The van der Waals surface area contributed by atoms with E-state index >= 15 is 0 Å². The van der Waals surface area contributed by atoms with Crippen LogP contribution in [0, 0.1) is 11.8 Å². The Labute approximate surface area is 95.1 Å². The first-order chi connectivity index (χ1) is 7.42. The summed E-state index contributed by atoms with van der Waals surface area (Å²) >= 11 is 5.33. The van der Waals surface area contributed by atoms with Crippen molar-refractivity contribution < 1.29 is 17.9 Å². The number of nitrogens with two attached hydrogens (primary N) is 1. The quantitative estimate of drug-likeness (QED) is 0.472. The molecule has 0 aromatic heterocycles. The van der Waals surface area contributed by atoms with E-state index in [0.29, 0.717) is 5.56 Å². The fourth-order valence-corrected chi connectivity index (χ4v) is 1.05. The molecular formula is C10H7ClF3NO. The Morgan fingerprint density at radius 1 is 1.38 bits per heavy atom. The molecule has 1 aromatic carbocycles. The van der Waals surface area contributed by atoms with Crippen molar-refractivity contribution in [2.45, 2.75) is 6.36 Å². The number of halogens is 4. The lowest BCUT2D eigenvalue weighted by atomic mass is 10.2. The van der Waals surface area contributed by atoms with Crippen LogP contribution in [0.4, 0.5) is 18.9 Å². The third kappa shape index (κ3) is 3.91. The van der Waals surface area contributed by atoms with Gasteiger partial charge >= 0.3 is 6.36 Å². The Kier molecular flexibility index (Phi) is 3.91. The van der Waals surface area contributed by atoms with Crippen molar-refractivity contribution in [1.82, 2.24) is 0 Å². The fourth-order valence-electron chi connectivity index (χ4n) is 0.980. The second-order valence-electron chi connectivity index (χ2n) is 2.73. The summed E-state index contributed by atoms with van der Waals surface area (Å²) < 4.78 is 39.3. The minimum absolute atomic E-state index is 0.111. The number of hydrogen-bond donors (Lipinski definition) is 1. The molecule has 0 aliphatic rings. The predicted molar refractivity (Wildman–Crippen MR) is 55.1 cm³/mol. The predicted octanol–water partition coefficient (Wildman–Crippen LogP) is 2.76. The molecule has 1 rings (SSSR count). The molecule has 0 heterocycles. The Hall–Kier alpha value is -1.54. The van der Waals surface area contributed by atoms with E-state index in [1.54, 1.807) is 0 Å². The van der Waals surface area contributed by atoms with E-state index in [1.807, 2.05) is 0 Å². The van der Waals surface area contributed by atoms with Gasteiger partial charge in [0.15, 0.2) is 0 Å². The number of ether oxygens (including phenoxy) is 1. The molecule has 0 aliphatic carbocycles. The van der Waals surface area contributed by atoms with Crippen molar-refractivity contribution in [3.8, 4) is 17.6 Å². The second-order valence-corrected chi connectivity index (χ2v) is 3.00. The van der Waals surface area contributed by atoms with Crippen molar-refractivity contribution in [3.63, 3.8) is 0 Å². The highest BCUT2D eigenvalue weighted by Crippen LogP contribution is 2.25. The average molecular weight is 250 g/mol. The van der Waals surface area contributed by atoms with Crippen LogP contribution in [0.3, 0.4) is 0 Å². The maximum Gasteiger partial charge on any atom is 0.573 e. The molecule has 86 valence electrons. The molecule has 0 aliphatic heterocycles. The standard InChI is InChI=1S/C10H7ClF3NO/c11-5-1-2-7-3-4-8(6-9(7)15)16-10(12,13)14/h3-4,6H,5,15H2. The van der Waals surface area contributed by atoms with Crippen molar-refractivity contribution in [3.05, 3.63) is 23.8 Å². The van der Waals surface area contributed by atoms with E-state index in [2.05, 4.69) is 16.6 Å². The molecule has 16 heavy (non-hydrogen) atoms. The number of anilines is 1. The molecule has 2 nitrogen and oxygen atoms in total. The zero-order valence-corrected chi connectivity index (χ0v) is 8.69. The number of alkyl halides is 4. The molecule has 2 N–H and O–H groups in total. The molecule has 0 unspecified atom stereocenters. The van der Waals surface area contributed by atoms with E-state index in [0.717, 1.165) is 12.1 Å². The van der Waals surface area contributed by atoms with Crippen LogP contribution in [0.2, 0.25) is 0 Å². The van der Waals surface area contributed by atoms with E-state index in [1.165, 1.54) is 6.07 Å². The maximum absolute atomic E-state index is 11.9. The van der Waals surface area contributed by atoms with Crippen LogP contribution in [0.15, 0.2) is 18.2 Å². The molecule has 0 spiro atoms. The lowest BCUT2D eigenvalue weighted by molar-refractivity contribution is -0.274. The van der Waals surface area contributed by atoms with Gasteiger partial charge in [-0.3, -0.25) is 0 Å². The number of benzene rings is 1. The van der Waals surface area contributed by atoms with Gasteiger partial charge in [-0.05, 0) is 12.1 Å². The first-order valence-corrected chi connectivity index (χ1v) is 4.66. The van der Waals surface area contributed by atoms with Gasteiger partial charge in [-0.15, -0.1) is 24.8 Å². The minimum atomic E-state index is -4.73. The second kappa shape index (κ2) is 4.99. The summed E-state index contributed by atoms with van der Waals surface area (Å²) in [5.74, 6) is 4.91. The van der Waals surface area contributed by atoms with Gasteiger partial charge < -0.3 is 10.5 Å². The summed E-state index contributed by atoms with van der Waals surface area (Å²) in [5.41, 5.74) is 6.01. The summed E-state index contributed by atoms with van der Waals surface area (Å²) in [6.07, 6.45) is -4.73. The zero-order chi connectivity index (χ0) is 12.2. The largest absolute Gasteiger partial charge is 0.573 e. The van der Waals surface area contributed by atoms with Crippen LogP contribution in [0.1, 0.15) is 5.56 Å². The SMILES string of the molecule is Nc1cc(OC(F)(F)F)ccc1C#CCCl. The van der Waals surface area contributed by atoms with Gasteiger partial charge in [0.2, 0.25) is 0 Å². The highest BCUT2D eigenvalue weighted by molar-refractivity contribution is 6.19. The van der Waals surface area contributed by atoms with Crippen LogP contribution < -0.4 is 10.5 Å². The van der Waals surface area contributed by atoms with Crippen LogP contribution in [-0.2, 0) is 0 Å². The summed E-state index contributed by atoms with van der Waals surface area (Å²) in [4.78, 5) is 0. The van der Waals surface area contributed by atoms with Crippen LogP contribution in [0.5, 0.6) is 5.75 Å². The third-order valence-corrected chi connectivity index (χ3v) is 1.68. The van der Waals surface area contributed by atoms with Gasteiger partial charge in [-0.25, -0.2) is 0 Å². The molecule has 6 heteroatoms. The van der Waals surface area contributed by atoms with Gasteiger partial charge in [0, 0.05) is 11.6 Å². The van der Waals surface area contributed by atoms with Crippen LogP contribution >= 0.6 is 11.6 Å². The Bertz CT molecular complexity index is 434. The van der Waals surface area contributed by atoms with E-state index in [-0.39, 0.29) is 17.3 Å². The molecule has 0 saturated carbocycles. The highest BCUT2D eigenvalue weighted by atomic mass is 35.5. The molecule has 0 amide bonds. The summed E-state index contributed by atoms with van der Waals surface area (Å²) in [6.45, 7) is 0. The van der Waals surface area contributed by atoms with Crippen LogP contribution in [0.25, 0.3) is 0 Å². The molecule has 1 aromatic rings. The normalized spacial score (nSPS) is 10.5. The average Bonchev–Trinajstić information content (AvgIpc) is 2.14. The molecule has 0 radical (unpaired) electrons. The smallest absolute Gasteiger partial charge is 0.406 e. The van der Waals surface area contributed by atoms with E-state index in [4.69, 9.17) is 17.3 Å². The van der Waals surface area contributed by atoms with Crippen LogP contribution in [-0.4, -0.2) is 12.2 Å². The Morgan fingerprint density at radius 3 is 2.56 bits per heavy atom. The van der Waals surface area contributed by atoms with Crippen molar-refractivity contribution in [1.29, 1.82) is 0 Å². The van der Waals surface area contributed by atoms with Crippen molar-refractivity contribution in [2.24, 2.45) is 0 Å². The Balaban J connectivity index is 2.91. The van der Waals surface area contributed by atoms with Gasteiger partial charge in [0.05, 0.1) is 11.6 Å². The summed E-state index contributed by atoms with van der Waals surface area (Å²) in [6, 6.07) is 3.55. The van der Waals surface area contributed by atoms with Crippen molar-refractivity contribution >= 4 is 17.3 Å².